The van der Waals surface area contributed by atoms with E-state index in [0.29, 0.717) is 31.3 Å². The quantitative estimate of drug-likeness (QED) is 0.254. The van der Waals surface area contributed by atoms with Gasteiger partial charge in [0.15, 0.2) is 5.60 Å². The van der Waals surface area contributed by atoms with Crippen LogP contribution in [0.2, 0.25) is 5.02 Å². The predicted octanol–water partition coefficient (Wildman–Crippen LogP) is 7.44. The molecule has 0 bridgehead atoms. The molecule has 1 saturated heterocycles. The molecule has 6 heteroatoms. The molecule has 1 heterocycles. The van der Waals surface area contributed by atoms with Crippen LogP contribution < -0.4 is 4.74 Å². The van der Waals surface area contributed by atoms with Crippen molar-refractivity contribution in [2.75, 3.05) is 19.8 Å². The molecule has 5 atom stereocenters. The Hall–Kier alpha value is -2.10. The third-order valence-electron chi connectivity index (χ3n) is 7.61. The van der Waals surface area contributed by atoms with Gasteiger partial charge in [-0.3, -0.25) is 0 Å². The highest BCUT2D eigenvalue weighted by molar-refractivity contribution is 6.31. The molecule has 2 aliphatic rings. The second kappa shape index (κ2) is 13.1. The Morgan fingerprint density at radius 3 is 2.30 bits per heavy atom. The van der Waals surface area contributed by atoms with Gasteiger partial charge in [-0.1, -0.05) is 62.6 Å². The topological polar surface area (TPSA) is 60.7 Å². The van der Waals surface area contributed by atoms with Gasteiger partial charge in [-0.15, -0.1) is 0 Å². The largest absolute Gasteiger partial charge is 0.494 e. The van der Waals surface area contributed by atoms with E-state index in [9.17, 15) is 5.26 Å². The molecule has 37 heavy (non-hydrogen) atoms. The van der Waals surface area contributed by atoms with Crippen LogP contribution in [0.1, 0.15) is 82.1 Å². The summed E-state index contributed by atoms with van der Waals surface area (Å²) in [5.41, 5.74) is 2.33. The number of unbranched alkanes of at least 4 members (excludes halogenated alkanes) is 2. The molecule has 2 aromatic carbocycles. The maximum atomic E-state index is 10.2. The smallest absolute Gasteiger partial charge is 0.160 e. The molecule has 5 nitrogen and oxygen atoms in total. The summed E-state index contributed by atoms with van der Waals surface area (Å²) in [6.45, 7) is 8.26. The van der Waals surface area contributed by atoms with Crippen molar-refractivity contribution in [2.45, 2.75) is 89.6 Å². The molecule has 0 spiro atoms. The Kier molecular flexibility index (Phi) is 9.90. The molecule has 4 rings (SSSR count). The number of fused-ring (bicyclic) bond motifs is 1. The van der Waals surface area contributed by atoms with Crippen LogP contribution in [-0.4, -0.2) is 37.6 Å². The van der Waals surface area contributed by atoms with Crippen LogP contribution in [0.5, 0.6) is 5.75 Å². The SMILES string of the molecule is CCCCO[C@@H]1[C@@H](OCCCC)[C@H](c2ccc(Cl)c(Cc3ccc(OCC)cc3)c2)O[C@]2(C#N)CC[C@H]12. The molecule has 0 N–H and O–H groups in total. The van der Waals surface area contributed by atoms with Crippen LogP contribution in [0.4, 0.5) is 0 Å². The third kappa shape index (κ3) is 6.32. The fraction of sp³-hybridized carbons (Fsp3) is 0.581. The summed E-state index contributed by atoms with van der Waals surface area (Å²) in [6, 6.07) is 16.7. The van der Waals surface area contributed by atoms with Gasteiger partial charge in [0.25, 0.3) is 0 Å². The van der Waals surface area contributed by atoms with Gasteiger partial charge in [-0.2, -0.15) is 5.26 Å². The summed E-state index contributed by atoms with van der Waals surface area (Å²) in [7, 11) is 0. The van der Waals surface area contributed by atoms with Gasteiger partial charge < -0.3 is 18.9 Å². The van der Waals surface area contributed by atoms with E-state index < -0.39 is 11.7 Å². The van der Waals surface area contributed by atoms with Crippen LogP contribution in [0.25, 0.3) is 0 Å². The minimum atomic E-state index is -0.818. The molecular formula is C31H40ClNO4. The van der Waals surface area contributed by atoms with Gasteiger partial charge >= 0.3 is 0 Å². The van der Waals surface area contributed by atoms with E-state index in [1.807, 2.05) is 31.2 Å². The first kappa shape index (κ1) is 27.9. The van der Waals surface area contributed by atoms with Gasteiger partial charge in [-0.25, -0.2) is 0 Å². The van der Waals surface area contributed by atoms with Crippen molar-refractivity contribution in [3.8, 4) is 11.8 Å². The molecule has 0 amide bonds. The molecule has 0 unspecified atom stereocenters. The summed E-state index contributed by atoms with van der Waals surface area (Å²) in [6.07, 6.45) is 5.60. The van der Waals surface area contributed by atoms with Crippen LogP contribution in [0.15, 0.2) is 42.5 Å². The van der Waals surface area contributed by atoms with E-state index in [-0.39, 0.29) is 18.1 Å². The first-order valence-electron chi connectivity index (χ1n) is 13.9. The van der Waals surface area contributed by atoms with E-state index in [4.69, 9.17) is 30.5 Å². The first-order valence-corrected chi connectivity index (χ1v) is 14.2. The van der Waals surface area contributed by atoms with Crippen LogP contribution in [-0.2, 0) is 20.6 Å². The average Bonchev–Trinajstić information content (AvgIpc) is 2.89. The number of nitrogens with zero attached hydrogens (tertiary/aromatic N) is 1. The van der Waals surface area contributed by atoms with Crippen molar-refractivity contribution in [1.82, 2.24) is 0 Å². The molecule has 0 radical (unpaired) electrons. The zero-order valence-corrected chi connectivity index (χ0v) is 23.1. The maximum absolute atomic E-state index is 10.2. The zero-order valence-electron chi connectivity index (χ0n) is 22.4. The Morgan fingerprint density at radius 2 is 1.70 bits per heavy atom. The molecular weight excluding hydrogens is 486 g/mol. The van der Waals surface area contributed by atoms with Crippen molar-refractivity contribution >= 4 is 11.6 Å². The number of hydrogen-bond acceptors (Lipinski definition) is 5. The maximum Gasteiger partial charge on any atom is 0.160 e. The number of hydrogen-bond donors (Lipinski definition) is 0. The van der Waals surface area contributed by atoms with E-state index in [1.165, 1.54) is 0 Å². The van der Waals surface area contributed by atoms with Crippen molar-refractivity contribution in [2.24, 2.45) is 5.92 Å². The lowest BCUT2D eigenvalue weighted by Crippen LogP contribution is -2.64. The van der Waals surface area contributed by atoms with Gasteiger partial charge in [0.1, 0.15) is 18.0 Å². The highest BCUT2D eigenvalue weighted by Crippen LogP contribution is 2.54. The molecule has 1 aliphatic heterocycles. The van der Waals surface area contributed by atoms with Crippen LogP contribution in [0, 0.1) is 17.2 Å². The second-order valence-corrected chi connectivity index (χ2v) is 10.6. The molecule has 1 saturated carbocycles. The highest BCUT2D eigenvalue weighted by Gasteiger charge is 2.61. The molecule has 0 aromatic heterocycles. The Labute approximate surface area is 227 Å². The summed E-state index contributed by atoms with van der Waals surface area (Å²) < 4.78 is 25.2. The van der Waals surface area contributed by atoms with E-state index in [0.717, 1.165) is 61.0 Å². The van der Waals surface area contributed by atoms with E-state index in [2.05, 4.69) is 38.1 Å². The zero-order chi connectivity index (χ0) is 26.3. The Balaban J connectivity index is 1.63. The van der Waals surface area contributed by atoms with Gasteiger partial charge in [0, 0.05) is 24.2 Å². The van der Waals surface area contributed by atoms with Crippen LogP contribution >= 0.6 is 11.6 Å². The van der Waals surface area contributed by atoms with Gasteiger partial charge in [0.05, 0.1) is 18.8 Å². The lowest BCUT2D eigenvalue weighted by Gasteiger charge is -2.56. The average molecular weight is 526 g/mol. The lowest BCUT2D eigenvalue weighted by molar-refractivity contribution is -0.285. The van der Waals surface area contributed by atoms with Crippen molar-refractivity contribution in [3.63, 3.8) is 0 Å². The summed E-state index contributed by atoms with van der Waals surface area (Å²) in [5, 5.41) is 10.9. The number of halogens is 1. The number of benzene rings is 2. The van der Waals surface area contributed by atoms with Crippen molar-refractivity contribution in [1.29, 1.82) is 5.26 Å². The molecule has 2 fully saturated rings. The fourth-order valence-electron chi connectivity index (χ4n) is 5.38. The Morgan fingerprint density at radius 1 is 1.00 bits per heavy atom. The summed E-state index contributed by atoms with van der Waals surface area (Å²) >= 11 is 6.66. The summed E-state index contributed by atoms with van der Waals surface area (Å²) in [4.78, 5) is 0. The minimum absolute atomic E-state index is 0.0351. The molecule has 2 aromatic rings. The normalized spacial score (nSPS) is 26.7. The van der Waals surface area contributed by atoms with E-state index in [1.54, 1.807) is 0 Å². The first-order chi connectivity index (χ1) is 18.0. The van der Waals surface area contributed by atoms with Gasteiger partial charge in [-0.05, 0) is 73.9 Å². The monoisotopic (exact) mass is 525 g/mol. The summed E-state index contributed by atoms with van der Waals surface area (Å²) in [5.74, 6) is 0.896. The Bertz CT molecular complexity index is 1050. The van der Waals surface area contributed by atoms with Crippen molar-refractivity contribution < 1.29 is 18.9 Å². The van der Waals surface area contributed by atoms with E-state index >= 15 is 0 Å². The van der Waals surface area contributed by atoms with Gasteiger partial charge in [0.2, 0.25) is 0 Å². The predicted molar refractivity (Wildman–Crippen MR) is 146 cm³/mol. The highest BCUT2D eigenvalue weighted by atomic mass is 35.5. The third-order valence-corrected chi connectivity index (χ3v) is 7.98. The molecule has 1 aliphatic carbocycles. The number of nitriles is 1. The fourth-order valence-corrected chi connectivity index (χ4v) is 5.57. The minimum Gasteiger partial charge on any atom is -0.494 e. The number of ether oxygens (including phenoxy) is 4. The molecule has 200 valence electrons. The standard InChI is InChI=1S/C31H40ClNO4/c1-4-7-17-35-29-26-15-16-31(26,21-33)37-28(30(29)36-18-8-5-2)23-11-14-27(32)24(20-23)19-22-9-12-25(13-10-22)34-6-3/h9-14,20,26,28-30H,4-8,15-19H2,1-3H3/t26-,28+,29+,30+,31+/m1/s1. The van der Waals surface area contributed by atoms with Crippen molar-refractivity contribution in [3.05, 3.63) is 64.2 Å². The lowest BCUT2D eigenvalue weighted by atomic mass is 9.63. The second-order valence-electron chi connectivity index (χ2n) is 10.2. The number of rotatable bonds is 13. The van der Waals surface area contributed by atoms with Crippen LogP contribution in [0.3, 0.4) is 0 Å².